The van der Waals surface area contributed by atoms with E-state index in [0.29, 0.717) is 0 Å². The number of hydrogen-bond acceptors (Lipinski definition) is 2. The van der Waals surface area contributed by atoms with Crippen molar-refractivity contribution in [1.82, 2.24) is 15.4 Å². The third kappa shape index (κ3) is 2.53. The molecule has 5 aromatic rings. The third-order valence-corrected chi connectivity index (χ3v) is 3.98. The number of nitrogens with zero attached hydrogens (tertiary/aromatic N) is 2. The lowest BCUT2D eigenvalue weighted by molar-refractivity contribution is 0.940. The molecule has 0 unspecified atom stereocenters. The quantitative estimate of drug-likeness (QED) is 0.411. The van der Waals surface area contributed by atoms with Crippen LogP contribution in [-0.2, 0) is 0 Å². The molecule has 3 nitrogen and oxygen atoms in total. The van der Waals surface area contributed by atoms with Crippen LogP contribution in [0.15, 0.2) is 85.2 Å². The van der Waals surface area contributed by atoms with Gasteiger partial charge in [-0.15, -0.1) is 0 Å². The first kappa shape index (κ1) is 13.5. The summed E-state index contributed by atoms with van der Waals surface area (Å²) in [6.45, 7) is 0. The van der Waals surface area contributed by atoms with Crippen molar-refractivity contribution in [3.8, 4) is 0 Å². The summed E-state index contributed by atoms with van der Waals surface area (Å²) in [5.41, 5.74) is 0. The zero-order chi connectivity index (χ0) is 15.5. The van der Waals surface area contributed by atoms with E-state index < -0.39 is 0 Å². The number of nitrogens with one attached hydrogen (secondary N) is 1. The minimum Gasteiger partial charge on any atom is -0.198 e. The molecule has 0 saturated carbocycles. The summed E-state index contributed by atoms with van der Waals surface area (Å²) in [5.74, 6) is 0. The largest absolute Gasteiger partial charge is 0.198 e. The van der Waals surface area contributed by atoms with Crippen molar-refractivity contribution in [3.05, 3.63) is 85.2 Å². The van der Waals surface area contributed by atoms with Crippen LogP contribution < -0.4 is 0 Å². The van der Waals surface area contributed by atoms with Crippen molar-refractivity contribution >= 4 is 32.3 Å². The second-order valence-electron chi connectivity index (χ2n) is 5.32. The molecule has 23 heavy (non-hydrogen) atoms. The van der Waals surface area contributed by atoms with E-state index in [1.54, 1.807) is 12.4 Å². The molecule has 5 rings (SSSR count). The number of rotatable bonds is 0. The Morgan fingerprint density at radius 2 is 0.957 bits per heavy atom. The normalized spacial score (nSPS) is 10.6. The lowest BCUT2D eigenvalue weighted by atomic mass is 9.97. The van der Waals surface area contributed by atoms with Crippen LogP contribution in [0.4, 0.5) is 0 Å². The van der Waals surface area contributed by atoms with E-state index in [2.05, 4.69) is 88.2 Å². The molecule has 1 N–H and O–H groups in total. The summed E-state index contributed by atoms with van der Waals surface area (Å²) in [6, 6.07) is 26.0. The fourth-order valence-electron chi connectivity index (χ4n) is 2.94. The van der Waals surface area contributed by atoms with E-state index in [-0.39, 0.29) is 0 Å². The van der Waals surface area contributed by atoms with Gasteiger partial charge in [-0.1, -0.05) is 72.8 Å². The summed E-state index contributed by atoms with van der Waals surface area (Å²) < 4.78 is 0. The van der Waals surface area contributed by atoms with Crippen LogP contribution in [0.25, 0.3) is 32.3 Å². The molecule has 0 amide bonds. The van der Waals surface area contributed by atoms with Crippen LogP contribution in [0.5, 0.6) is 0 Å². The maximum atomic E-state index is 3.49. The van der Waals surface area contributed by atoms with E-state index in [9.17, 15) is 0 Å². The molecule has 0 spiro atoms. The van der Waals surface area contributed by atoms with Gasteiger partial charge in [0.25, 0.3) is 0 Å². The molecule has 1 aromatic heterocycles. The van der Waals surface area contributed by atoms with Crippen LogP contribution in [-0.4, -0.2) is 15.4 Å². The van der Waals surface area contributed by atoms with Crippen LogP contribution in [0.2, 0.25) is 0 Å². The van der Waals surface area contributed by atoms with Crippen LogP contribution in [0.1, 0.15) is 0 Å². The summed E-state index contributed by atoms with van der Waals surface area (Å²) >= 11 is 0. The summed E-state index contributed by atoms with van der Waals surface area (Å²) in [7, 11) is 0. The van der Waals surface area contributed by atoms with Gasteiger partial charge in [-0.2, -0.15) is 15.4 Å². The van der Waals surface area contributed by atoms with E-state index in [0.717, 1.165) is 0 Å². The highest BCUT2D eigenvalue weighted by Crippen LogP contribution is 2.30. The average molecular weight is 297 g/mol. The third-order valence-electron chi connectivity index (χ3n) is 3.98. The fourth-order valence-corrected chi connectivity index (χ4v) is 2.94. The topological polar surface area (TPSA) is 41.6 Å². The first-order chi connectivity index (χ1) is 11.4. The number of benzene rings is 4. The van der Waals surface area contributed by atoms with Gasteiger partial charge in [0.1, 0.15) is 0 Å². The van der Waals surface area contributed by atoms with Crippen LogP contribution in [0, 0.1) is 0 Å². The molecule has 0 aliphatic carbocycles. The monoisotopic (exact) mass is 297 g/mol. The van der Waals surface area contributed by atoms with Crippen LogP contribution >= 0.6 is 0 Å². The van der Waals surface area contributed by atoms with Gasteiger partial charge in [-0.25, -0.2) is 0 Å². The van der Waals surface area contributed by atoms with Gasteiger partial charge in [-0.3, -0.25) is 0 Å². The SMILES string of the molecule is c1ccc2c(c1)ccc1c3ccccc3ccc21.c1cn[nH]n1. The van der Waals surface area contributed by atoms with Gasteiger partial charge >= 0.3 is 0 Å². The highest BCUT2D eigenvalue weighted by molar-refractivity contribution is 6.17. The number of aromatic amines is 1. The molecular formula is C20H15N3. The summed E-state index contributed by atoms with van der Waals surface area (Å²) in [6.07, 6.45) is 3.17. The Kier molecular flexibility index (Phi) is 3.45. The molecule has 1 heterocycles. The molecular weight excluding hydrogens is 282 g/mol. The zero-order valence-corrected chi connectivity index (χ0v) is 12.5. The van der Waals surface area contributed by atoms with E-state index in [1.165, 1.54) is 32.3 Å². The van der Waals surface area contributed by atoms with Crippen molar-refractivity contribution in [3.63, 3.8) is 0 Å². The number of aromatic nitrogens is 3. The minimum absolute atomic E-state index is 1.31. The molecule has 0 radical (unpaired) electrons. The van der Waals surface area contributed by atoms with Gasteiger partial charge in [-0.05, 0) is 32.3 Å². The van der Waals surface area contributed by atoms with Crippen molar-refractivity contribution in [2.45, 2.75) is 0 Å². The molecule has 110 valence electrons. The molecule has 0 aliphatic rings. The highest BCUT2D eigenvalue weighted by atomic mass is 15.3. The number of fused-ring (bicyclic) bond motifs is 5. The second-order valence-corrected chi connectivity index (χ2v) is 5.32. The van der Waals surface area contributed by atoms with Crippen molar-refractivity contribution in [2.75, 3.05) is 0 Å². The predicted molar refractivity (Wildman–Crippen MR) is 95.3 cm³/mol. The summed E-state index contributed by atoms with van der Waals surface area (Å²) in [4.78, 5) is 0. The molecule has 0 saturated heterocycles. The van der Waals surface area contributed by atoms with Gasteiger partial charge < -0.3 is 0 Å². The lowest BCUT2D eigenvalue weighted by Crippen LogP contribution is -1.79. The Morgan fingerprint density at radius 1 is 0.478 bits per heavy atom. The first-order valence-corrected chi connectivity index (χ1v) is 7.52. The van der Waals surface area contributed by atoms with Crippen molar-refractivity contribution < 1.29 is 0 Å². The van der Waals surface area contributed by atoms with E-state index in [1.807, 2.05) is 0 Å². The first-order valence-electron chi connectivity index (χ1n) is 7.52. The Hall–Kier alpha value is -3.20. The number of hydrogen-bond donors (Lipinski definition) is 1. The standard InChI is InChI=1S/C18H12.C2H3N3/c1-3-7-15-13(5-1)9-11-18-16-8-4-2-6-14(16)10-12-17(15)18;1-2-4-5-3-1/h1-12H;1-2H,(H,3,4,5). The maximum Gasteiger partial charge on any atom is 0.0690 e. The van der Waals surface area contributed by atoms with Gasteiger partial charge in [0.05, 0.1) is 12.4 Å². The average Bonchev–Trinajstić information content (AvgIpc) is 3.21. The molecule has 0 aliphatic heterocycles. The summed E-state index contributed by atoms with van der Waals surface area (Å²) in [5, 5.41) is 17.3. The highest BCUT2D eigenvalue weighted by Gasteiger charge is 2.03. The number of H-pyrrole nitrogens is 1. The van der Waals surface area contributed by atoms with Crippen molar-refractivity contribution in [2.24, 2.45) is 0 Å². The predicted octanol–water partition coefficient (Wildman–Crippen LogP) is 4.95. The van der Waals surface area contributed by atoms with E-state index >= 15 is 0 Å². The Bertz CT molecular complexity index is 974. The lowest BCUT2D eigenvalue weighted by Gasteiger charge is -2.07. The molecule has 0 bridgehead atoms. The van der Waals surface area contributed by atoms with E-state index in [4.69, 9.17) is 0 Å². The molecule has 4 aromatic carbocycles. The van der Waals surface area contributed by atoms with Gasteiger partial charge in [0.2, 0.25) is 0 Å². The fraction of sp³-hybridized carbons (Fsp3) is 0. The Balaban J connectivity index is 0.000000233. The minimum atomic E-state index is 1.31. The molecule has 0 fully saturated rings. The Labute approximate surface area is 133 Å². The van der Waals surface area contributed by atoms with Crippen molar-refractivity contribution in [1.29, 1.82) is 0 Å². The zero-order valence-electron chi connectivity index (χ0n) is 12.5. The van der Waals surface area contributed by atoms with Crippen LogP contribution in [0.3, 0.4) is 0 Å². The van der Waals surface area contributed by atoms with Gasteiger partial charge in [0, 0.05) is 0 Å². The molecule has 0 atom stereocenters. The second kappa shape index (κ2) is 5.89. The smallest absolute Gasteiger partial charge is 0.0690 e. The maximum absolute atomic E-state index is 3.49. The van der Waals surface area contributed by atoms with Gasteiger partial charge in [0.15, 0.2) is 0 Å². The Morgan fingerprint density at radius 3 is 1.39 bits per heavy atom. The molecule has 3 heteroatoms.